The zero-order valence-corrected chi connectivity index (χ0v) is 22.8. The fourth-order valence-electron chi connectivity index (χ4n) is 7.37. The van der Waals surface area contributed by atoms with Crippen LogP contribution in [0, 0.1) is 53.3 Å². The first-order valence-corrected chi connectivity index (χ1v) is 14.8. The first-order chi connectivity index (χ1) is 17.5. The summed E-state index contributed by atoms with van der Waals surface area (Å²) >= 11 is 0. The molecule has 6 bridgehead atoms. The van der Waals surface area contributed by atoms with Gasteiger partial charge in [-0.15, -0.1) is 0 Å². The average Bonchev–Trinajstić information content (AvgIpc) is 3.74. The van der Waals surface area contributed by atoms with Crippen LogP contribution in [0.3, 0.4) is 0 Å². The minimum Gasteiger partial charge on any atom is -0.469 e. The molecule has 0 radical (unpaired) electrons. The molecule has 3 saturated carbocycles. The van der Waals surface area contributed by atoms with Gasteiger partial charge in [-0.05, 0) is 92.8 Å². The third-order valence-electron chi connectivity index (χ3n) is 9.45. The first-order valence-electron chi connectivity index (χ1n) is 14.8. The second kappa shape index (κ2) is 13.1. The first kappa shape index (κ1) is 27.2. The Kier molecular flexibility index (Phi) is 9.90. The van der Waals surface area contributed by atoms with Gasteiger partial charge in [-0.1, -0.05) is 69.6 Å². The van der Waals surface area contributed by atoms with Gasteiger partial charge in [-0.25, -0.2) is 0 Å². The summed E-state index contributed by atoms with van der Waals surface area (Å²) in [6.45, 7) is 5.00. The lowest BCUT2D eigenvalue weighted by Gasteiger charge is -2.16. The molecule has 9 unspecified atom stereocenters. The van der Waals surface area contributed by atoms with Gasteiger partial charge in [0.05, 0.1) is 25.6 Å². The molecule has 0 N–H and O–H groups in total. The number of rotatable bonds is 8. The molecule has 200 valence electrons. The van der Waals surface area contributed by atoms with Crippen LogP contribution < -0.4 is 0 Å². The van der Waals surface area contributed by atoms with E-state index in [4.69, 9.17) is 9.47 Å². The summed E-state index contributed by atoms with van der Waals surface area (Å²) in [6, 6.07) is 0. The Balaban J connectivity index is 0.000000128. The number of carbonyl (C=O) groups excluding carboxylic acids is 2. The minimum atomic E-state index is -0.0261. The van der Waals surface area contributed by atoms with Gasteiger partial charge in [-0.2, -0.15) is 0 Å². The molecule has 0 aromatic rings. The van der Waals surface area contributed by atoms with Crippen molar-refractivity contribution < 1.29 is 19.1 Å². The van der Waals surface area contributed by atoms with Gasteiger partial charge in [0.2, 0.25) is 0 Å². The molecule has 0 heterocycles. The molecule has 0 aliphatic heterocycles. The van der Waals surface area contributed by atoms with Crippen molar-refractivity contribution in [2.75, 3.05) is 13.7 Å². The number of ether oxygens (including phenoxy) is 2. The van der Waals surface area contributed by atoms with Crippen LogP contribution in [-0.4, -0.2) is 25.7 Å². The normalized spacial score (nSPS) is 37.5. The minimum absolute atomic E-state index is 0.0261. The smallest absolute Gasteiger partial charge is 0.309 e. The molecule has 9 atom stereocenters. The van der Waals surface area contributed by atoms with E-state index < -0.39 is 0 Å². The standard InChI is InChI=1S/C12H18O2.C11H18.C9H12O2/c1-2-3-6-14-12(13)11-8-9-4-5-10(11)7-9;1-2-3-4-10-7-9-5-6-11(10)8-9;1-11-9(10)8-5-6-2-3-7(8)4-6/h4-5,9-11H,2-3,6-8H2,1H3;5-6,9-11H,2-4,7-8H2,1H3;2-3,6-8H,4-5H2,1H3. The van der Waals surface area contributed by atoms with Crippen LogP contribution in [0.1, 0.15) is 84.5 Å². The predicted molar refractivity (Wildman–Crippen MR) is 144 cm³/mol. The van der Waals surface area contributed by atoms with Crippen LogP contribution in [0.2, 0.25) is 0 Å². The highest BCUT2D eigenvalue weighted by atomic mass is 16.5. The lowest BCUT2D eigenvalue weighted by Crippen LogP contribution is -2.21. The molecule has 4 nitrogen and oxygen atoms in total. The van der Waals surface area contributed by atoms with Crippen molar-refractivity contribution in [2.24, 2.45) is 53.3 Å². The number of carbonyl (C=O) groups is 2. The van der Waals surface area contributed by atoms with E-state index in [2.05, 4.69) is 50.3 Å². The summed E-state index contributed by atoms with van der Waals surface area (Å²) in [6.07, 6.45) is 27.5. The summed E-state index contributed by atoms with van der Waals surface area (Å²) in [4.78, 5) is 22.8. The highest BCUT2D eigenvalue weighted by Crippen LogP contribution is 2.46. The molecule has 0 amide bonds. The summed E-state index contributed by atoms with van der Waals surface area (Å²) in [5.41, 5.74) is 0. The van der Waals surface area contributed by atoms with Gasteiger partial charge in [0.1, 0.15) is 0 Å². The van der Waals surface area contributed by atoms with E-state index in [0.717, 1.165) is 43.4 Å². The van der Waals surface area contributed by atoms with Gasteiger partial charge < -0.3 is 9.47 Å². The zero-order valence-electron chi connectivity index (χ0n) is 22.8. The van der Waals surface area contributed by atoms with Gasteiger partial charge in [0.25, 0.3) is 0 Å². The maximum Gasteiger partial charge on any atom is 0.309 e. The average molecular weight is 497 g/mol. The van der Waals surface area contributed by atoms with E-state index >= 15 is 0 Å². The highest BCUT2D eigenvalue weighted by molar-refractivity contribution is 5.74. The van der Waals surface area contributed by atoms with Gasteiger partial charge in [0, 0.05) is 0 Å². The summed E-state index contributed by atoms with van der Waals surface area (Å²) in [5, 5.41) is 0. The molecule has 0 spiro atoms. The van der Waals surface area contributed by atoms with E-state index in [9.17, 15) is 9.59 Å². The largest absolute Gasteiger partial charge is 0.469 e. The van der Waals surface area contributed by atoms with Gasteiger partial charge in [0.15, 0.2) is 0 Å². The van der Waals surface area contributed by atoms with Crippen molar-refractivity contribution in [3.05, 3.63) is 36.5 Å². The lowest BCUT2D eigenvalue weighted by atomic mass is 9.89. The number of allylic oxidation sites excluding steroid dienone is 6. The zero-order chi connectivity index (χ0) is 25.5. The van der Waals surface area contributed by atoms with Crippen LogP contribution in [0.25, 0.3) is 0 Å². The molecule has 0 saturated heterocycles. The predicted octanol–water partition coefficient (Wildman–Crippen LogP) is 7.30. The van der Waals surface area contributed by atoms with Crippen molar-refractivity contribution in [1.82, 2.24) is 0 Å². The summed E-state index contributed by atoms with van der Waals surface area (Å²) in [7, 11) is 1.47. The maximum absolute atomic E-state index is 11.7. The van der Waals surface area contributed by atoms with Crippen LogP contribution in [-0.2, 0) is 19.1 Å². The number of unbranched alkanes of at least 4 members (excludes halogenated alkanes) is 2. The van der Waals surface area contributed by atoms with E-state index in [1.165, 1.54) is 52.1 Å². The van der Waals surface area contributed by atoms with Crippen molar-refractivity contribution in [3.63, 3.8) is 0 Å². The molecule has 6 rings (SSSR count). The fourth-order valence-corrected chi connectivity index (χ4v) is 7.37. The SMILES string of the molecule is CCCCC1CC2C=CC1C2.CCCCOC(=O)C1CC2C=CC1C2.COC(=O)C1CC2C=CC1C2. The van der Waals surface area contributed by atoms with Crippen molar-refractivity contribution >= 4 is 11.9 Å². The number of hydrogen-bond acceptors (Lipinski definition) is 4. The highest BCUT2D eigenvalue weighted by Gasteiger charge is 2.41. The molecule has 36 heavy (non-hydrogen) atoms. The monoisotopic (exact) mass is 496 g/mol. The van der Waals surface area contributed by atoms with Crippen molar-refractivity contribution in [3.8, 4) is 0 Å². The molecule has 6 aliphatic carbocycles. The Labute approximate surface area is 219 Å². The Morgan fingerprint density at radius 2 is 1.19 bits per heavy atom. The lowest BCUT2D eigenvalue weighted by molar-refractivity contribution is -0.149. The van der Waals surface area contributed by atoms with E-state index in [0.29, 0.717) is 30.3 Å². The Hall–Kier alpha value is -1.84. The molecule has 4 heteroatoms. The van der Waals surface area contributed by atoms with E-state index in [1.54, 1.807) is 0 Å². The number of fused-ring (bicyclic) bond motifs is 6. The summed E-state index contributed by atoms with van der Waals surface area (Å²) < 4.78 is 9.96. The van der Waals surface area contributed by atoms with Gasteiger partial charge >= 0.3 is 11.9 Å². The van der Waals surface area contributed by atoms with E-state index in [1.807, 2.05) is 0 Å². The third-order valence-corrected chi connectivity index (χ3v) is 9.45. The van der Waals surface area contributed by atoms with Crippen molar-refractivity contribution in [2.45, 2.75) is 84.5 Å². The molecule has 3 fully saturated rings. The Bertz CT molecular complexity index is 826. The number of methoxy groups -OCH3 is 1. The van der Waals surface area contributed by atoms with Crippen LogP contribution >= 0.6 is 0 Å². The molecular formula is C32H48O4. The van der Waals surface area contributed by atoms with Gasteiger partial charge in [-0.3, -0.25) is 9.59 Å². The molecular weight excluding hydrogens is 448 g/mol. The van der Waals surface area contributed by atoms with Crippen LogP contribution in [0.15, 0.2) is 36.5 Å². The van der Waals surface area contributed by atoms with E-state index in [-0.39, 0.29) is 23.8 Å². The third kappa shape index (κ3) is 6.72. The second-order valence-corrected chi connectivity index (χ2v) is 12.0. The Morgan fingerprint density at radius 1 is 0.667 bits per heavy atom. The maximum atomic E-state index is 11.7. The quantitative estimate of drug-likeness (QED) is 0.201. The summed E-state index contributed by atoms with van der Waals surface area (Å²) in [5.74, 6) is 5.63. The number of hydrogen-bond donors (Lipinski definition) is 0. The molecule has 0 aromatic heterocycles. The second-order valence-electron chi connectivity index (χ2n) is 12.0. The molecule has 0 aromatic carbocycles. The topological polar surface area (TPSA) is 52.6 Å². The molecule has 6 aliphatic rings. The Morgan fingerprint density at radius 3 is 1.61 bits per heavy atom. The number of esters is 2. The van der Waals surface area contributed by atoms with Crippen LogP contribution in [0.5, 0.6) is 0 Å². The van der Waals surface area contributed by atoms with Crippen molar-refractivity contribution in [1.29, 1.82) is 0 Å². The fraction of sp³-hybridized carbons (Fsp3) is 0.750. The van der Waals surface area contributed by atoms with Crippen LogP contribution in [0.4, 0.5) is 0 Å².